The first-order valence-corrected chi connectivity index (χ1v) is 7.49. The van der Waals surface area contributed by atoms with Crippen LogP contribution in [-0.2, 0) is 10.3 Å². The van der Waals surface area contributed by atoms with Crippen LogP contribution in [0, 0.1) is 0 Å². The number of aromatic nitrogens is 2. The molecule has 19 heavy (non-hydrogen) atoms. The van der Waals surface area contributed by atoms with Crippen molar-refractivity contribution in [3.8, 4) is 0 Å². The summed E-state index contributed by atoms with van der Waals surface area (Å²) in [5, 5.41) is 4.17. The summed E-state index contributed by atoms with van der Waals surface area (Å²) >= 11 is 0. The predicted octanol–water partition coefficient (Wildman–Crippen LogP) is 2.47. The van der Waals surface area contributed by atoms with E-state index in [1.807, 2.05) is 0 Å². The van der Waals surface area contributed by atoms with Crippen LogP contribution in [0.1, 0.15) is 69.0 Å². The molecular formula is C14H23N3O2. The van der Waals surface area contributed by atoms with Gasteiger partial charge in [-0.05, 0) is 25.7 Å². The lowest BCUT2D eigenvalue weighted by atomic mass is 9.91. The first-order chi connectivity index (χ1) is 9.28. The number of hydrogen-bond acceptors (Lipinski definition) is 5. The highest BCUT2D eigenvalue weighted by atomic mass is 16.5. The Morgan fingerprint density at radius 1 is 1.05 bits per heavy atom. The van der Waals surface area contributed by atoms with Crippen molar-refractivity contribution >= 4 is 0 Å². The molecular weight excluding hydrogens is 242 g/mol. The van der Waals surface area contributed by atoms with Crippen molar-refractivity contribution in [3.63, 3.8) is 0 Å². The van der Waals surface area contributed by atoms with E-state index >= 15 is 0 Å². The average Bonchev–Trinajstić information content (AvgIpc) is 2.85. The molecule has 2 heterocycles. The van der Waals surface area contributed by atoms with Crippen LogP contribution in [0.2, 0.25) is 0 Å². The fourth-order valence-electron chi connectivity index (χ4n) is 3.13. The Kier molecular flexibility index (Phi) is 3.84. The molecule has 2 fully saturated rings. The highest BCUT2D eigenvalue weighted by Crippen LogP contribution is 2.34. The van der Waals surface area contributed by atoms with Gasteiger partial charge in [-0.1, -0.05) is 30.8 Å². The second-order valence-corrected chi connectivity index (χ2v) is 5.91. The van der Waals surface area contributed by atoms with Crippen molar-refractivity contribution in [2.24, 2.45) is 5.73 Å². The number of nitrogens with zero attached hydrogens (tertiary/aromatic N) is 2. The summed E-state index contributed by atoms with van der Waals surface area (Å²) in [7, 11) is 0. The summed E-state index contributed by atoms with van der Waals surface area (Å²) in [6.07, 6.45) is 8.73. The van der Waals surface area contributed by atoms with E-state index in [2.05, 4.69) is 10.1 Å². The lowest BCUT2D eigenvalue weighted by molar-refractivity contribution is 0.0830. The molecule has 1 aromatic rings. The third kappa shape index (κ3) is 2.82. The van der Waals surface area contributed by atoms with Gasteiger partial charge in [-0.3, -0.25) is 0 Å². The van der Waals surface area contributed by atoms with Gasteiger partial charge in [0.1, 0.15) is 0 Å². The van der Waals surface area contributed by atoms with Gasteiger partial charge >= 0.3 is 0 Å². The van der Waals surface area contributed by atoms with E-state index in [-0.39, 0.29) is 0 Å². The molecule has 2 aliphatic rings. The van der Waals surface area contributed by atoms with Crippen molar-refractivity contribution < 1.29 is 9.26 Å². The third-order valence-electron chi connectivity index (χ3n) is 4.45. The molecule has 1 aromatic heterocycles. The van der Waals surface area contributed by atoms with Gasteiger partial charge in [0.2, 0.25) is 5.89 Å². The number of ether oxygens (including phenoxy) is 1. The maximum Gasteiger partial charge on any atom is 0.246 e. The van der Waals surface area contributed by atoms with Crippen LogP contribution in [0.5, 0.6) is 0 Å². The average molecular weight is 265 g/mol. The molecule has 0 atom stereocenters. The number of hydrogen-bond donors (Lipinski definition) is 1. The lowest BCUT2D eigenvalue weighted by Gasteiger charge is -2.23. The van der Waals surface area contributed by atoms with Crippen LogP contribution in [0.4, 0.5) is 0 Å². The minimum Gasteiger partial charge on any atom is -0.381 e. The normalized spacial score (nSPS) is 25.1. The summed E-state index contributed by atoms with van der Waals surface area (Å²) in [5.41, 5.74) is 6.11. The van der Waals surface area contributed by atoms with Gasteiger partial charge in [0.25, 0.3) is 0 Å². The fraction of sp³-hybridized carbons (Fsp3) is 0.857. The van der Waals surface area contributed by atoms with Crippen molar-refractivity contribution in [1.29, 1.82) is 0 Å². The van der Waals surface area contributed by atoms with E-state index in [4.69, 9.17) is 15.0 Å². The Bertz CT molecular complexity index is 405. The van der Waals surface area contributed by atoms with Gasteiger partial charge < -0.3 is 15.0 Å². The smallest absolute Gasteiger partial charge is 0.246 e. The molecule has 1 aliphatic carbocycles. The summed E-state index contributed by atoms with van der Waals surface area (Å²) < 4.78 is 10.9. The Morgan fingerprint density at radius 2 is 1.74 bits per heavy atom. The van der Waals surface area contributed by atoms with E-state index < -0.39 is 5.54 Å². The molecule has 1 saturated heterocycles. The van der Waals surface area contributed by atoms with Gasteiger partial charge in [-0.2, -0.15) is 4.98 Å². The first-order valence-electron chi connectivity index (χ1n) is 7.49. The molecule has 106 valence electrons. The summed E-state index contributed by atoms with van der Waals surface area (Å²) in [6.45, 7) is 1.59. The zero-order valence-corrected chi connectivity index (χ0v) is 11.4. The standard InChI is InChI=1S/C14H23N3O2/c15-14(7-3-1-2-4-8-14)13-16-12(17-19-13)11-5-9-18-10-6-11/h11H,1-10,15H2. The van der Waals surface area contributed by atoms with E-state index in [1.54, 1.807) is 0 Å². The number of rotatable bonds is 2. The molecule has 2 N–H and O–H groups in total. The van der Waals surface area contributed by atoms with Gasteiger partial charge in [-0.15, -0.1) is 0 Å². The summed E-state index contributed by atoms with van der Waals surface area (Å²) in [5.74, 6) is 1.85. The Labute approximate surface area is 113 Å². The molecule has 5 heteroatoms. The molecule has 5 nitrogen and oxygen atoms in total. The maximum absolute atomic E-state index is 6.50. The Morgan fingerprint density at radius 3 is 2.42 bits per heavy atom. The zero-order chi connectivity index (χ0) is 13.1. The monoisotopic (exact) mass is 265 g/mol. The first kappa shape index (κ1) is 13.1. The molecule has 3 rings (SSSR count). The quantitative estimate of drug-likeness (QED) is 0.831. The summed E-state index contributed by atoms with van der Waals surface area (Å²) in [6, 6.07) is 0. The van der Waals surface area contributed by atoms with Crippen LogP contribution >= 0.6 is 0 Å². The molecule has 0 aromatic carbocycles. The molecule has 1 aliphatic heterocycles. The van der Waals surface area contributed by atoms with Crippen LogP contribution < -0.4 is 5.73 Å². The SMILES string of the molecule is NC1(c2nc(C3CCOCC3)no2)CCCCCC1. The van der Waals surface area contributed by atoms with Crippen LogP contribution in [0.15, 0.2) is 4.52 Å². The van der Waals surface area contributed by atoms with E-state index in [9.17, 15) is 0 Å². The van der Waals surface area contributed by atoms with Crippen molar-refractivity contribution in [1.82, 2.24) is 10.1 Å². The minimum absolute atomic E-state index is 0.376. The second-order valence-electron chi connectivity index (χ2n) is 5.91. The molecule has 0 unspecified atom stereocenters. The predicted molar refractivity (Wildman–Crippen MR) is 70.7 cm³/mol. The van der Waals surface area contributed by atoms with Crippen LogP contribution in [0.3, 0.4) is 0 Å². The maximum atomic E-state index is 6.50. The van der Waals surface area contributed by atoms with Gasteiger partial charge in [0, 0.05) is 19.1 Å². The zero-order valence-electron chi connectivity index (χ0n) is 11.4. The summed E-state index contributed by atoms with van der Waals surface area (Å²) in [4.78, 5) is 4.61. The van der Waals surface area contributed by atoms with E-state index in [0.29, 0.717) is 11.8 Å². The van der Waals surface area contributed by atoms with Gasteiger partial charge in [-0.25, -0.2) is 0 Å². The number of nitrogens with two attached hydrogens (primary N) is 1. The largest absolute Gasteiger partial charge is 0.381 e. The molecule has 0 bridgehead atoms. The molecule has 0 radical (unpaired) electrons. The second kappa shape index (κ2) is 5.59. The third-order valence-corrected chi connectivity index (χ3v) is 4.45. The van der Waals surface area contributed by atoms with Crippen LogP contribution in [0.25, 0.3) is 0 Å². The fourth-order valence-corrected chi connectivity index (χ4v) is 3.13. The minimum atomic E-state index is -0.396. The van der Waals surface area contributed by atoms with Gasteiger partial charge in [0.15, 0.2) is 5.82 Å². The Hall–Kier alpha value is -0.940. The van der Waals surface area contributed by atoms with E-state index in [1.165, 1.54) is 12.8 Å². The van der Waals surface area contributed by atoms with Crippen molar-refractivity contribution in [2.75, 3.05) is 13.2 Å². The molecule has 0 amide bonds. The Balaban J connectivity index is 1.75. The van der Waals surface area contributed by atoms with Crippen molar-refractivity contribution in [2.45, 2.75) is 62.8 Å². The lowest BCUT2D eigenvalue weighted by Crippen LogP contribution is -2.36. The topological polar surface area (TPSA) is 74.2 Å². The highest BCUT2D eigenvalue weighted by molar-refractivity contribution is 5.05. The van der Waals surface area contributed by atoms with Crippen molar-refractivity contribution in [3.05, 3.63) is 11.7 Å². The van der Waals surface area contributed by atoms with E-state index in [0.717, 1.165) is 57.6 Å². The highest BCUT2D eigenvalue weighted by Gasteiger charge is 2.35. The molecule has 0 spiro atoms. The van der Waals surface area contributed by atoms with Gasteiger partial charge in [0.05, 0.1) is 5.54 Å². The van der Waals surface area contributed by atoms with Crippen LogP contribution in [-0.4, -0.2) is 23.4 Å². The molecule has 1 saturated carbocycles.